The molecule has 3 saturated heterocycles. The van der Waals surface area contributed by atoms with Crippen LogP contribution in [-0.2, 0) is 4.79 Å². The van der Waals surface area contributed by atoms with Crippen molar-refractivity contribution in [1.29, 1.82) is 0 Å². The number of aromatic nitrogens is 2. The van der Waals surface area contributed by atoms with Crippen LogP contribution in [0.15, 0.2) is 48.7 Å². The summed E-state index contributed by atoms with van der Waals surface area (Å²) in [6.07, 6.45) is 16.6. The number of hydrogen-bond acceptors (Lipinski definition) is 4. The highest BCUT2D eigenvalue weighted by Gasteiger charge is 2.45. The van der Waals surface area contributed by atoms with Gasteiger partial charge in [0.05, 0.1) is 19.6 Å². The van der Waals surface area contributed by atoms with Gasteiger partial charge < -0.3 is 9.80 Å². The zero-order valence-corrected chi connectivity index (χ0v) is 21.0. The summed E-state index contributed by atoms with van der Waals surface area (Å²) in [6.45, 7) is 5.97. The van der Waals surface area contributed by atoms with Crippen molar-refractivity contribution in [3.05, 3.63) is 54.2 Å². The van der Waals surface area contributed by atoms with Crippen molar-refractivity contribution < 1.29 is 4.79 Å². The molecule has 1 unspecified atom stereocenters. The molecule has 1 aromatic carbocycles. The first-order valence-electron chi connectivity index (χ1n) is 13.7. The molecule has 1 amide bonds. The first kappa shape index (κ1) is 24.0. The van der Waals surface area contributed by atoms with E-state index in [2.05, 4.69) is 15.9 Å². The second-order valence-electron chi connectivity index (χ2n) is 10.5. The number of carbonyl (C=O) groups excluding carboxylic acids is 1. The molecule has 0 bridgehead atoms. The average Bonchev–Trinajstić information content (AvgIpc) is 3.23. The molecule has 0 aliphatic carbocycles. The maximum absolute atomic E-state index is 13.1. The minimum atomic E-state index is 0.118. The van der Waals surface area contributed by atoms with Crippen molar-refractivity contribution in [2.75, 3.05) is 44.2 Å². The van der Waals surface area contributed by atoms with Gasteiger partial charge in [0.25, 0.3) is 0 Å². The summed E-state index contributed by atoms with van der Waals surface area (Å²) in [5.41, 5.74) is 1.06. The van der Waals surface area contributed by atoms with Gasteiger partial charge in [-0.15, -0.1) is 0 Å². The van der Waals surface area contributed by atoms with Crippen molar-refractivity contribution in [2.24, 2.45) is 0 Å². The topological polar surface area (TPSA) is 49.3 Å². The van der Waals surface area contributed by atoms with E-state index in [1.165, 1.54) is 44.9 Å². The van der Waals surface area contributed by atoms with E-state index in [1.54, 1.807) is 6.08 Å². The molecular formula is C29H40N5O+. The first-order valence-corrected chi connectivity index (χ1v) is 13.7. The van der Waals surface area contributed by atoms with Crippen LogP contribution in [0.2, 0.25) is 0 Å². The molecular weight excluding hydrogens is 434 g/mol. The van der Waals surface area contributed by atoms with Crippen LogP contribution in [0.3, 0.4) is 0 Å². The fourth-order valence-corrected chi connectivity index (χ4v) is 6.23. The van der Waals surface area contributed by atoms with E-state index in [4.69, 9.17) is 9.97 Å². The molecule has 1 atom stereocenters. The normalized spacial score (nSPS) is 23.3. The summed E-state index contributed by atoms with van der Waals surface area (Å²) in [7, 11) is 0. The van der Waals surface area contributed by atoms with Gasteiger partial charge in [-0.25, -0.2) is 0 Å². The highest BCUT2D eigenvalue weighted by atomic mass is 16.2. The zero-order chi connectivity index (χ0) is 23.9. The standard InChI is InChI=1S/C29H40N5O/c35-28(16-15-25-12-5-3-6-13-25)33-21-11-14-26(24-33)34(22-9-4-10-23-34)29-30-18-17-27(31-29)32-19-7-1-2-8-20-32/h3,5-6,12-13,15-18,26H,1-2,4,7-11,14,19-24H2/q+1/b16-15+. The van der Waals surface area contributed by atoms with Crippen molar-refractivity contribution in [3.63, 3.8) is 0 Å². The molecule has 5 rings (SSSR count). The van der Waals surface area contributed by atoms with Gasteiger partial charge in [-0.1, -0.05) is 43.2 Å². The molecule has 186 valence electrons. The summed E-state index contributed by atoms with van der Waals surface area (Å²) in [5.74, 6) is 2.19. The molecule has 2 aromatic rings. The predicted octanol–water partition coefficient (Wildman–Crippen LogP) is 5.05. The minimum Gasteiger partial charge on any atom is -0.356 e. The third kappa shape index (κ3) is 5.58. The lowest BCUT2D eigenvalue weighted by atomic mass is 9.96. The number of anilines is 1. The van der Waals surface area contributed by atoms with E-state index >= 15 is 0 Å². The molecule has 0 spiro atoms. The Labute approximate surface area is 210 Å². The fraction of sp³-hybridized carbons (Fsp3) is 0.552. The summed E-state index contributed by atoms with van der Waals surface area (Å²) >= 11 is 0. The number of piperidine rings is 2. The number of nitrogens with zero attached hydrogens (tertiary/aromatic N) is 5. The Kier molecular flexibility index (Phi) is 7.77. The van der Waals surface area contributed by atoms with Crippen LogP contribution in [0.5, 0.6) is 0 Å². The molecule has 0 saturated carbocycles. The maximum Gasteiger partial charge on any atom is 0.331 e. The molecule has 6 nitrogen and oxygen atoms in total. The number of hydrogen-bond donors (Lipinski definition) is 0. The minimum absolute atomic E-state index is 0.118. The third-order valence-corrected chi connectivity index (χ3v) is 8.20. The Morgan fingerprint density at radius 2 is 1.63 bits per heavy atom. The predicted molar refractivity (Wildman–Crippen MR) is 143 cm³/mol. The lowest BCUT2D eigenvalue weighted by molar-refractivity contribution is -0.128. The van der Waals surface area contributed by atoms with Gasteiger partial charge in [-0.2, -0.15) is 9.97 Å². The van der Waals surface area contributed by atoms with E-state index in [-0.39, 0.29) is 5.91 Å². The van der Waals surface area contributed by atoms with E-state index in [0.717, 1.165) is 73.9 Å². The lowest BCUT2D eigenvalue weighted by Gasteiger charge is -2.48. The lowest BCUT2D eigenvalue weighted by Crippen LogP contribution is -2.65. The van der Waals surface area contributed by atoms with Crippen molar-refractivity contribution >= 4 is 23.7 Å². The fourth-order valence-electron chi connectivity index (χ4n) is 6.23. The highest BCUT2D eigenvalue weighted by molar-refractivity contribution is 5.91. The van der Waals surface area contributed by atoms with Crippen LogP contribution in [0.1, 0.15) is 63.4 Å². The quantitative estimate of drug-likeness (QED) is 0.449. The maximum atomic E-state index is 13.1. The molecule has 3 aliphatic heterocycles. The Hall–Kier alpha value is -2.73. The Bertz CT molecular complexity index is 993. The third-order valence-electron chi connectivity index (χ3n) is 8.20. The van der Waals surface area contributed by atoms with Gasteiger partial charge in [0, 0.05) is 38.3 Å². The van der Waals surface area contributed by atoms with Crippen LogP contribution in [0, 0.1) is 0 Å². The van der Waals surface area contributed by atoms with E-state index in [9.17, 15) is 4.79 Å². The van der Waals surface area contributed by atoms with E-state index in [1.807, 2.05) is 42.6 Å². The van der Waals surface area contributed by atoms with Crippen LogP contribution in [0.4, 0.5) is 11.8 Å². The number of quaternary nitrogens is 1. The van der Waals surface area contributed by atoms with Gasteiger partial charge in [0.15, 0.2) is 0 Å². The highest BCUT2D eigenvalue weighted by Crippen LogP contribution is 2.34. The zero-order valence-electron chi connectivity index (χ0n) is 21.0. The van der Waals surface area contributed by atoms with Crippen LogP contribution in [-0.4, -0.2) is 66.1 Å². The molecule has 6 heteroatoms. The van der Waals surface area contributed by atoms with Crippen LogP contribution in [0.25, 0.3) is 6.08 Å². The summed E-state index contributed by atoms with van der Waals surface area (Å²) < 4.78 is 0.841. The molecule has 3 aliphatic rings. The van der Waals surface area contributed by atoms with Crippen LogP contribution < -0.4 is 9.38 Å². The molecule has 35 heavy (non-hydrogen) atoms. The number of carbonyl (C=O) groups is 1. The number of rotatable bonds is 5. The SMILES string of the molecule is O=C(/C=C/c1ccccc1)N1CCCC([N+]2(c3nccc(N4CCCCCC4)n3)CCCCC2)C1. The van der Waals surface area contributed by atoms with Gasteiger partial charge >= 0.3 is 5.95 Å². The summed E-state index contributed by atoms with van der Waals surface area (Å²) in [6, 6.07) is 12.5. The number of likely N-dealkylation sites (tertiary alicyclic amines) is 2. The molecule has 0 N–H and O–H groups in total. The van der Waals surface area contributed by atoms with Gasteiger partial charge in [-0.05, 0) is 56.2 Å². The average molecular weight is 475 g/mol. The van der Waals surface area contributed by atoms with E-state index in [0.29, 0.717) is 6.04 Å². The van der Waals surface area contributed by atoms with Gasteiger partial charge in [0.2, 0.25) is 5.91 Å². The number of amides is 1. The smallest absolute Gasteiger partial charge is 0.331 e. The second kappa shape index (κ2) is 11.3. The second-order valence-corrected chi connectivity index (χ2v) is 10.5. The molecule has 0 radical (unpaired) electrons. The molecule has 3 fully saturated rings. The monoisotopic (exact) mass is 474 g/mol. The molecule has 4 heterocycles. The summed E-state index contributed by atoms with van der Waals surface area (Å²) in [5, 5.41) is 0. The first-order chi connectivity index (χ1) is 17.2. The Balaban J connectivity index is 1.36. The number of benzene rings is 1. The van der Waals surface area contributed by atoms with Crippen molar-refractivity contribution in [1.82, 2.24) is 19.4 Å². The van der Waals surface area contributed by atoms with E-state index < -0.39 is 0 Å². The van der Waals surface area contributed by atoms with Crippen molar-refractivity contribution in [2.45, 2.75) is 63.8 Å². The van der Waals surface area contributed by atoms with Crippen LogP contribution >= 0.6 is 0 Å². The summed E-state index contributed by atoms with van der Waals surface area (Å²) in [4.78, 5) is 27.8. The van der Waals surface area contributed by atoms with Gasteiger partial charge in [0.1, 0.15) is 11.9 Å². The van der Waals surface area contributed by atoms with Crippen molar-refractivity contribution in [3.8, 4) is 0 Å². The van der Waals surface area contributed by atoms with Gasteiger partial charge in [-0.3, -0.25) is 9.28 Å². The Morgan fingerprint density at radius 3 is 2.40 bits per heavy atom. The molecule has 1 aromatic heterocycles. The Morgan fingerprint density at radius 1 is 0.886 bits per heavy atom. The largest absolute Gasteiger partial charge is 0.356 e.